The van der Waals surface area contributed by atoms with Crippen LogP contribution >= 0.6 is 0 Å². The van der Waals surface area contributed by atoms with Crippen LogP contribution in [-0.4, -0.2) is 48.6 Å². The first kappa shape index (κ1) is 15.3. The number of ketones is 1. The number of nitrogens with zero attached hydrogens (tertiary/aromatic N) is 2. The molecule has 0 bridgehead atoms. The van der Waals surface area contributed by atoms with E-state index in [9.17, 15) is 4.79 Å². The van der Waals surface area contributed by atoms with Gasteiger partial charge in [-0.2, -0.15) is 0 Å². The molecule has 0 saturated carbocycles. The molecule has 1 atom stereocenters. The van der Waals surface area contributed by atoms with E-state index in [1.165, 1.54) is 6.42 Å². The van der Waals surface area contributed by atoms with Gasteiger partial charge in [-0.25, -0.2) is 0 Å². The van der Waals surface area contributed by atoms with Gasteiger partial charge >= 0.3 is 0 Å². The lowest BCUT2D eigenvalue weighted by molar-refractivity contribution is 0.0416. The minimum Gasteiger partial charge on any atom is -0.381 e. The first-order valence-electron chi connectivity index (χ1n) is 7.41. The summed E-state index contributed by atoms with van der Waals surface area (Å²) in [5, 5.41) is 0. The summed E-state index contributed by atoms with van der Waals surface area (Å²) in [6.07, 6.45) is 2.35. The molecule has 0 aliphatic carbocycles. The van der Waals surface area contributed by atoms with Crippen LogP contribution in [0.3, 0.4) is 0 Å². The van der Waals surface area contributed by atoms with Gasteiger partial charge in [-0.1, -0.05) is 0 Å². The molecule has 1 aromatic rings. The van der Waals surface area contributed by atoms with Gasteiger partial charge in [0.2, 0.25) is 0 Å². The van der Waals surface area contributed by atoms with Crippen LogP contribution in [0.5, 0.6) is 0 Å². The number of Topliss-reactive ketones (excluding diaryl/α,β-unsaturated/α-hetero) is 1. The maximum Gasteiger partial charge on any atom is 0.178 e. The van der Waals surface area contributed by atoms with E-state index in [1.54, 1.807) is 0 Å². The van der Waals surface area contributed by atoms with Gasteiger partial charge in [-0.15, -0.1) is 0 Å². The van der Waals surface area contributed by atoms with Crippen molar-refractivity contribution >= 4 is 5.78 Å². The zero-order chi connectivity index (χ0) is 14.7. The Morgan fingerprint density at radius 3 is 2.80 bits per heavy atom. The Kier molecular flexibility index (Phi) is 5.00. The van der Waals surface area contributed by atoms with Gasteiger partial charge in [0.05, 0.1) is 13.2 Å². The fourth-order valence-electron chi connectivity index (χ4n) is 2.92. The molecule has 0 radical (unpaired) electrons. The number of aryl methyl sites for hydroxylation is 1. The van der Waals surface area contributed by atoms with E-state index in [2.05, 4.69) is 9.47 Å². The van der Waals surface area contributed by atoms with E-state index in [1.807, 2.05) is 34.0 Å². The van der Waals surface area contributed by atoms with Crippen molar-refractivity contribution in [3.05, 3.63) is 23.0 Å². The van der Waals surface area contributed by atoms with Gasteiger partial charge in [0.15, 0.2) is 5.78 Å². The predicted molar refractivity (Wildman–Crippen MR) is 80.3 cm³/mol. The topological polar surface area (TPSA) is 34.5 Å². The molecular formula is C16H26N2O2. The average Bonchev–Trinajstić information content (AvgIpc) is 2.67. The Morgan fingerprint density at radius 1 is 1.50 bits per heavy atom. The summed E-state index contributed by atoms with van der Waals surface area (Å²) in [6.45, 7) is 7.20. The average molecular weight is 278 g/mol. The maximum atomic E-state index is 12.4. The summed E-state index contributed by atoms with van der Waals surface area (Å²) in [7, 11) is 4.03. The maximum absolute atomic E-state index is 12.4. The zero-order valence-corrected chi connectivity index (χ0v) is 13.1. The van der Waals surface area contributed by atoms with Crippen molar-refractivity contribution in [3.8, 4) is 0 Å². The van der Waals surface area contributed by atoms with Crippen LogP contribution in [-0.2, 0) is 11.8 Å². The zero-order valence-electron chi connectivity index (χ0n) is 13.1. The van der Waals surface area contributed by atoms with Gasteiger partial charge in [-0.05, 0) is 45.7 Å². The number of rotatable bonds is 5. The van der Waals surface area contributed by atoms with E-state index in [0.717, 1.165) is 43.1 Å². The predicted octanol–water partition coefficient (Wildman–Crippen LogP) is 2.18. The Labute approximate surface area is 121 Å². The lowest BCUT2D eigenvalue weighted by Crippen LogP contribution is -2.34. The summed E-state index contributed by atoms with van der Waals surface area (Å²) in [5.74, 6) is 0.783. The third kappa shape index (κ3) is 3.49. The molecule has 0 aromatic carbocycles. The Morgan fingerprint density at radius 2 is 2.25 bits per heavy atom. The largest absolute Gasteiger partial charge is 0.381 e. The third-order valence-electron chi connectivity index (χ3n) is 4.31. The van der Waals surface area contributed by atoms with Crippen LogP contribution in [0.15, 0.2) is 6.07 Å². The summed E-state index contributed by atoms with van der Waals surface area (Å²) in [5.41, 5.74) is 3.05. The van der Waals surface area contributed by atoms with Crippen molar-refractivity contribution < 1.29 is 9.53 Å². The van der Waals surface area contributed by atoms with E-state index >= 15 is 0 Å². The molecule has 2 heterocycles. The highest BCUT2D eigenvalue weighted by atomic mass is 16.5. The molecule has 20 heavy (non-hydrogen) atoms. The van der Waals surface area contributed by atoms with Gasteiger partial charge in [-0.3, -0.25) is 9.69 Å². The number of carbonyl (C=O) groups excluding carboxylic acids is 1. The van der Waals surface area contributed by atoms with Crippen molar-refractivity contribution in [2.24, 2.45) is 13.0 Å². The number of likely N-dealkylation sites (N-methyl/N-ethyl adjacent to an activating group) is 1. The molecule has 0 spiro atoms. The van der Waals surface area contributed by atoms with Crippen LogP contribution in [0.1, 0.15) is 34.6 Å². The first-order chi connectivity index (χ1) is 9.49. The number of carbonyl (C=O) groups is 1. The van der Waals surface area contributed by atoms with Crippen LogP contribution in [0.25, 0.3) is 0 Å². The summed E-state index contributed by atoms with van der Waals surface area (Å²) in [6, 6.07) is 2.00. The van der Waals surface area contributed by atoms with Crippen molar-refractivity contribution in [2.45, 2.75) is 26.7 Å². The monoisotopic (exact) mass is 278 g/mol. The van der Waals surface area contributed by atoms with Crippen LogP contribution in [0.4, 0.5) is 0 Å². The highest BCUT2D eigenvalue weighted by Crippen LogP contribution is 2.16. The van der Waals surface area contributed by atoms with Crippen molar-refractivity contribution in [3.63, 3.8) is 0 Å². The molecule has 1 unspecified atom stereocenters. The van der Waals surface area contributed by atoms with Gasteiger partial charge < -0.3 is 9.30 Å². The Bertz CT molecular complexity index is 473. The van der Waals surface area contributed by atoms with Gasteiger partial charge in [0, 0.05) is 37.2 Å². The van der Waals surface area contributed by atoms with Crippen molar-refractivity contribution in [2.75, 3.05) is 33.4 Å². The fraction of sp³-hybridized carbons (Fsp3) is 0.688. The number of aromatic nitrogens is 1. The highest BCUT2D eigenvalue weighted by Gasteiger charge is 2.19. The number of ether oxygens (including phenoxy) is 1. The Hall–Kier alpha value is -1.13. The summed E-state index contributed by atoms with van der Waals surface area (Å²) in [4.78, 5) is 14.5. The SMILES string of the molecule is Cc1cc(C(=O)CN(C)CC2CCCOC2)c(C)n1C. The lowest BCUT2D eigenvalue weighted by Gasteiger charge is -2.26. The molecular weight excluding hydrogens is 252 g/mol. The third-order valence-corrected chi connectivity index (χ3v) is 4.31. The fourth-order valence-corrected chi connectivity index (χ4v) is 2.92. The lowest BCUT2D eigenvalue weighted by atomic mass is 10.0. The van der Waals surface area contributed by atoms with Crippen LogP contribution in [0, 0.1) is 19.8 Å². The van der Waals surface area contributed by atoms with E-state index in [4.69, 9.17) is 4.74 Å². The molecule has 0 amide bonds. The molecule has 1 saturated heterocycles. The molecule has 0 N–H and O–H groups in total. The quantitative estimate of drug-likeness (QED) is 0.774. The molecule has 1 aromatic heterocycles. The highest BCUT2D eigenvalue weighted by molar-refractivity contribution is 5.99. The van der Waals surface area contributed by atoms with Gasteiger partial charge in [0.25, 0.3) is 0 Å². The number of hydrogen-bond donors (Lipinski definition) is 0. The molecule has 4 nitrogen and oxygen atoms in total. The summed E-state index contributed by atoms with van der Waals surface area (Å²) < 4.78 is 7.57. The second-order valence-corrected chi connectivity index (χ2v) is 6.05. The Balaban J connectivity index is 1.91. The standard InChI is InChI=1S/C16H26N2O2/c1-12-8-15(13(2)18(12)4)16(19)10-17(3)9-14-6-5-7-20-11-14/h8,14H,5-7,9-11H2,1-4H3. The second-order valence-electron chi connectivity index (χ2n) is 6.05. The van der Waals surface area contributed by atoms with Crippen molar-refractivity contribution in [1.82, 2.24) is 9.47 Å². The summed E-state index contributed by atoms with van der Waals surface area (Å²) >= 11 is 0. The smallest absolute Gasteiger partial charge is 0.178 e. The molecule has 1 fully saturated rings. The van der Waals surface area contributed by atoms with Gasteiger partial charge in [0.1, 0.15) is 0 Å². The van der Waals surface area contributed by atoms with Crippen molar-refractivity contribution in [1.29, 1.82) is 0 Å². The van der Waals surface area contributed by atoms with E-state index in [0.29, 0.717) is 12.5 Å². The van der Waals surface area contributed by atoms with Crippen LogP contribution < -0.4 is 0 Å². The second kappa shape index (κ2) is 6.55. The molecule has 1 aliphatic rings. The minimum absolute atomic E-state index is 0.213. The normalized spacial score (nSPS) is 19.6. The van der Waals surface area contributed by atoms with E-state index in [-0.39, 0.29) is 5.78 Å². The molecule has 112 valence electrons. The van der Waals surface area contributed by atoms with Crippen LogP contribution in [0.2, 0.25) is 0 Å². The molecule has 1 aliphatic heterocycles. The van der Waals surface area contributed by atoms with E-state index < -0.39 is 0 Å². The molecule has 4 heteroatoms. The number of hydrogen-bond acceptors (Lipinski definition) is 3. The minimum atomic E-state index is 0.213. The molecule has 2 rings (SSSR count). The first-order valence-corrected chi connectivity index (χ1v) is 7.41.